The largest absolute Gasteiger partial charge is 0.452 e. The molecular formula is C15H16N2O3S. The number of nitrogens with one attached hydrogen (secondary N) is 1. The molecule has 1 heterocycles. The van der Waals surface area contributed by atoms with E-state index in [0.29, 0.717) is 17.0 Å². The third-order valence-electron chi connectivity index (χ3n) is 3.29. The Labute approximate surface area is 127 Å². The number of hydrogen-bond acceptors (Lipinski definition) is 5. The van der Waals surface area contributed by atoms with Gasteiger partial charge in [-0.1, -0.05) is 12.2 Å². The van der Waals surface area contributed by atoms with Gasteiger partial charge in [-0.25, -0.2) is 0 Å². The third kappa shape index (κ3) is 3.92. The van der Waals surface area contributed by atoms with Crippen LogP contribution in [-0.2, 0) is 14.3 Å². The molecule has 0 fully saturated rings. The molecule has 0 aliphatic heterocycles. The van der Waals surface area contributed by atoms with E-state index in [2.05, 4.69) is 5.32 Å². The molecule has 0 saturated carbocycles. The Hall–Kier alpha value is -2.13. The summed E-state index contributed by atoms with van der Waals surface area (Å²) in [5, 5.41) is 13.7. The Morgan fingerprint density at radius 3 is 3.00 bits per heavy atom. The number of allylic oxidation sites excluding steroid dienone is 2. The molecule has 0 spiro atoms. The third-order valence-corrected chi connectivity index (χ3v) is 4.12. The molecule has 110 valence electrons. The van der Waals surface area contributed by atoms with Crippen LogP contribution in [0.4, 0.5) is 5.00 Å². The summed E-state index contributed by atoms with van der Waals surface area (Å²) in [5.74, 6) is -0.927. The van der Waals surface area contributed by atoms with Crippen LogP contribution >= 0.6 is 11.3 Å². The predicted octanol–water partition coefficient (Wildman–Crippen LogP) is 2.85. The van der Waals surface area contributed by atoms with Crippen LogP contribution in [0.5, 0.6) is 0 Å². The molecule has 21 heavy (non-hydrogen) atoms. The summed E-state index contributed by atoms with van der Waals surface area (Å²) < 4.78 is 5.21. The van der Waals surface area contributed by atoms with Crippen LogP contribution in [0, 0.1) is 17.2 Å². The number of thiophene rings is 1. The van der Waals surface area contributed by atoms with Crippen molar-refractivity contribution in [3.63, 3.8) is 0 Å². The summed E-state index contributed by atoms with van der Waals surface area (Å²) >= 11 is 1.26. The van der Waals surface area contributed by atoms with Gasteiger partial charge in [-0.2, -0.15) is 5.26 Å². The lowest BCUT2D eigenvalue weighted by atomic mass is 9.95. The van der Waals surface area contributed by atoms with Gasteiger partial charge >= 0.3 is 5.97 Å². The van der Waals surface area contributed by atoms with E-state index >= 15 is 0 Å². The molecule has 0 saturated heterocycles. The average Bonchev–Trinajstić information content (AvgIpc) is 2.95. The Balaban J connectivity index is 1.89. The van der Waals surface area contributed by atoms with E-state index in [-0.39, 0.29) is 11.9 Å². The lowest BCUT2D eigenvalue weighted by molar-refractivity contribution is -0.157. The standard InChI is InChI=1S/C15H16N2O3S/c1-10(20-15(19)11-5-3-2-4-6-11)13(18)17-14-12(9-16)7-8-21-14/h2-3,7-8,10-11H,4-6H2,1H3,(H,17,18)/t10-,11-/m0/s1. The topological polar surface area (TPSA) is 79.2 Å². The highest BCUT2D eigenvalue weighted by atomic mass is 32.1. The number of rotatable bonds is 4. The lowest BCUT2D eigenvalue weighted by Gasteiger charge is -2.19. The fourth-order valence-electron chi connectivity index (χ4n) is 2.04. The fraction of sp³-hybridized carbons (Fsp3) is 0.400. The SMILES string of the molecule is C[C@H](OC(=O)[C@H]1CC=CCC1)C(=O)Nc1sccc1C#N. The quantitative estimate of drug-likeness (QED) is 0.685. The van der Waals surface area contributed by atoms with Crippen molar-refractivity contribution in [3.8, 4) is 6.07 Å². The van der Waals surface area contributed by atoms with Crippen molar-refractivity contribution in [2.24, 2.45) is 5.92 Å². The number of esters is 1. The number of anilines is 1. The normalized spacial score (nSPS) is 18.6. The summed E-state index contributed by atoms with van der Waals surface area (Å²) in [6.07, 6.45) is 5.41. The maximum absolute atomic E-state index is 12.0. The second-order valence-electron chi connectivity index (χ2n) is 4.82. The van der Waals surface area contributed by atoms with Crippen molar-refractivity contribution >= 4 is 28.2 Å². The van der Waals surface area contributed by atoms with Gasteiger partial charge in [0.1, 0.15) is 11.1 Å². The minimum Gasteiger partial charge on any atom is -0.452 e. The Morgan fingerprint density at radius 1 is 1.52 bits per heavy atom. The summed E-state index contributed by atoms with van der Waals surface area (Å²) in [5.41, 5.74) is 0.407. The molecule has 0 bridgehead atoms. The van der Waals surface area contributed by atoms with Gasteiger partial charge in [-0.3, -0.25) is 9.59 Å². The molecule has 0 unspecified atom stereocenters. The van der Waals surface area contributed by atoms with Crippen molar-refractivity contribution in [2.45, 2.75) is 32.3 Å². The zero-order valence-corrected chi connectivity index (χ0v) is 12.5. The maximum Gasteiger partial charge on any atom is 0.310 e. The predicted molar refractivity (Wildman–Crippen MR) is 79.7 cm³/mol. The highest BCUT2D eigenvalue weighted by Crippen LogP contribution is 2.23. The maximum atomic E-state index is 12.0. The number of carbonyl (C=O) groups excluding carboxylic acids is 2. The Morgan fingerprint density at radius 2 is 2.33 bits per heavy atom. The van der Waals surface area contributed by atoms with Gasteiger partial charge in [0.25, 0.3) is 5.91 Å². The summed E-state index contributed by atoms with van der Waals surface area (Å²) in [4.78, 5) is 23.9. The van der Waals surface area contributed by atoms with Crippen molar-refractivity contribution in [1.82, 2.24) is 0 Å². The molecule has 2 atom stereocenters. The highest BCUT2D eigenvalue weighted by Gasteiger charge is 2.25. The summed E-state index contributed by atoms with van der Waals surface area (Å²) in [6.45, 7) is 1.53. The number of amides is 1. The molecule has 2 rings (SSSR count). The smallest absolute Gasteiger partial charge is 0.310 e. The van der Waals surface area contributed by atoms with Crippen molar-refractivity contribution in [2.75, 3.05) is 5.32 Å². The van der Waals surface area contributed by atoms with Crippen LogP contribution in [0.2, 0.25) is 0 Å². The number of nitrogens with zero attached hydrogens (tertiary/aromatic N) is 1. The molecule has 5 nitrogen and oxygen atoms in total. The van der Waals surface area contributed by atoms with E-state index in [4.69, 9.17) is 10.00 Å². The van der Waals surface area contributed by atoms with Gasteiger partial charge in [0.15, 0.2) is 6.10 Å². The lowest BCUT2D eigenvalue weighted by Crippen LogP contribution is -2.32. The monoisotopic (exact) mass is 304 g/mol. The van der Waals surface area contributed by atoms with Crippen LogP contribution in [0.15, 0.2) is 23.6 Å². The Kier molecular flexibility index (Phi) is 5.12. The minimum atomic E-state index is -0.878. The first-order valence-electron chi connectivity index (χ1n) is 6.75. The molecule has 1 aromatic heterocycles. The van der Waals surface area contributed by atoms with E-state index < -0.39 is 12.0 Å². The molecule has 6 heteroatoms. The van der Waals surface area contributed by atoms with E-state index in [9.17, 15) is 9.59 Å². The van der Waals surface area contributed by atoms with Crippen LogP contribution in [-0.4, -0.2) is 18.0 Å². The van der Waals surface area contributed by atoms with Gasteiger partial charge in [0.05, 0.1) is 11.5 Å². The summed E-state index contributed by atoms with van der Waals surface area (Å²) in [7, 11) is 0. The van der Waals surface area contributed by atoms with Crippen LogP contribution in [0.3, 0.4) is 0 Å². The van der Waals surface area contributed by atoms with Gasteiger partial charge in [-0.05, 0) is 37.6 Å². The molecule has 1 amide bonds. The van der Waals surface area contributed by atoms with Gasteiger partial charge in [0.2, 0.25) is 0 Å². The first-order valence-corrected chi connectivity index (χ1v) is 7.63. The molecular weight excluding hydrogens is 288 g/mol. The van der Waals surface area contributed by atoms with Crippen LogP contribution in [0.1, 0.15) is 31.7 Å². The van der Waals surface area contributed by atoms with Gasteiger partial charge in [0, 0.05) is 0 Å². The molecule has 0 aromatic carbocycles. The average molecular weight is 304 g/mol. The molecule has 0 radical (unpaired) electrons. The van der Waals surface area contributed by atoms with Crippen LogP contribution in [0.25, 0.3) is 0 Å². The number of hydrogen-bond donors (Lipinski definition) is 1. The van der Waals surface area contributed by atoms with E-state index in [0.717, 1.165) is 12.8 Å². The van der Waals surface area contributed by atoms with Crippen molar-refractivity contribution < 1.29 is 14.3 Å². The van der Waals surface area contributed by atoms with Gasteiger partial charge < -0.3 is 10.1 Å². The Bertz CT molecular complexity index is 600. The number of nitriles is 1. The van der Waals surface area contributed by atoms with E-state index in [1.165, 1.54) is 18.3 Å². The fourth-order valence-corrected chi connectivity index (χ4v) is 2.78. The number of carbonyl (C=O) groups is 2. The zero-order valence-electron chi connectivity index (χ0n) is 11.7. The van der Waals surface area contributed by atoms with Crippen molar-refractivity contribution in [1.29, 1.82) is 5.26 Å². The first kappa shape index (κ1) is 15.3. The highest BCUT2D eigenvalue weighted by molar-refractivity contribution is 7.14. The number of ether oxygens (including phenoxy) is 1. The molecule has 1 aliphatic carbocycles. The molecule has 1 N–H and O–H groups in total. The van der Waals surface area contributed by atoms with Crippen molar-refractivity contribution in [3.05, 3.63) is 29.2 Å². The second kappa shape index (κ2) is 7.04. The van der Waals surface area contributed by atoms with Crippen LogP contribution < -0.4 is 5.32 Å². The summed E-state index contributed by atoms with van der Waals surface area (Å²) in [6, 6.07) is 3.62. The first-order chi connectivity index (χ1) is 10.1. The van der Waals surface area contributed by atoms with E-state index in [1.54, 1.807) is 11.4 Å². The van der Waals surface area contributed by atoms with Gasteiger partial charge in [-0.15, -0.1) is 11.3 Å². The zero-order chi connectivity index (χ0) is 15.2. The molecule has 1 aromatic rings. The molecule has 1 aliphatic rings. The second-order valence-corrected chi connectivity index (χ2v) is 5.74. The minimum absolute atomic E-state index is 0.165. The van der Waals surface area contributed by atoms with E-state index in [1.807, 2.05) is 18.2 Å².